The van der Waals surface area contributed by atoms with Crippen LogP contribution in [0.15, 0.2) is 53.7 Å². The molecule has 0 radical (unpaired) electrons. The summed E-state index contributed by atoms with van der Waals surface area (Å²) in [5.41, 5.74) is 0.916. The van der Waals surface area contributed by atoms with Crippen LogP contribution in [0.3, 0.4) is 0 Å². The Morgan fingerprint density at radius 1 is 1.17 bits per heavy atom. The van der Waals surface area contributed by atoms with Crippen molar-refractivity contribution in [2.45, 2.75) is 19.9 Å². The van der Waals surface area contributed by atoms with E-state index >= 15 is 0 Å². The van der Waals surface area contributed by atoms with Gasteiger partial charge >= 0.3 is 0 Å². The van der Waals surface area contributed by atoms with Crippen LogP contribution in [0.4, 0.5) is 14.6 Å². The SMILES string of the molecule is CCNC(=NCc1cccc(OCC(F)F)c1)N1CCN(c2ccccn2)CC1. The first-order valence-corrected chi connectivity index (χ1v) is 9.85. The van der Waals surface area contributed by atoms with Gasteiger partial charge in [0.05, 0.1) is 6.54 Å². The van der Waals surface area contributed by atoms with Crippen molar-refractivity contribution in [1.29, 1.82) is 0 Å². The topological polar surface area (TPSA) is 53.0 Å². The van der Waals surface area contributed by atoms with Crippen molar-refractivity contribution in [2.24, 2.45) is 4.99 Å². The maximum absolute atomic E-state index is 12.3. The number of halogens is 2. The number of benzene rings is 1. The first kappa shape index (κ1) is 20.8. The molecular weight excluding hydrogens is 376 g/mol. The van der Waals surface area contributed by atoms with E-state index in [1.165, 1.54) is 0 Å². The van der Waals surface area contributed by atoms with Gasteiger partial charge in [0.25, 0.3) is 6.43 Å². The molecule has 8 heteroatoms. The lowest BCUT2D eigenvalue weighted by Crippen LogP contribution is -2.52. The number of aromatic nitrogens is 1. The van der Waals surface area contributed by atoms with Crippen molar-refractivity contribution in [2.75, 3.05) is 44.2 Å². The van der Waals surface area contributed by atoms with Gasteiger partial charge in [0.15, 0.2) is 5.96 Å². The molecule has 1 N–H and O–H groups in total. The molecule has 1 aliphatic heterocycles. The van der Waals surface area contributed by atoms with Crippen LogP contribution < -0.4 is 15.0 Å². The molecule has 156 valence electrons. The second kappa shape index (κ2) is 10.6. The average molecular weight is 403 g/mol. The normalized spacial score (nSPS) is 15.0. The molecule has 3 rings (SSSR count). The second-order valence-corrected chi connectivity index (χ2v) is 6.68. The maximum atomic E-state index is 12.3. The number of ether oxygens (including phenoxy) is 1. The maximum Gasteiger partial charge on any atom is 0.272 e. The zero-order valence-corrected chi connectivity index (χ0v) is 16.6. The summed E-state index contributed by atoms with van der Waals surface area (Å²) in [4.78, 5) is 13.7. The number of nitrogens with zero attached hydrogens (tertiary/aromatic N) is 4. The Labute approximate surface area is 170 Å². The standard InChI is InChI=1S/C21H27F2N5O/c1-2-24-21(26-15-17-6-5-7-18(14-17)29-16-19(22)23)28-12-10-27(11-13-28)20-8-3-4-9-25-20/h3-9,14,19H,2,10-13,15-16H2,1H3,(H,24,26). The van der Waals surface area contributed by atoms with Gasteiger partial charge in [0.2, 0.25) is 0 Å². The van der Waals surface area contributed by atoms with E-state index in [0.29, 0.717) is 12.3 Å². The van der Waals surface area contributed by atoms with Crippen LogP contribution in [0.25, 0.3) is 0 Å². The third kappa shape index (κ3) is 6.30. The van der Waals surface area contributed by atoms with Crippen molar-refractivity contribution < 1.29 is 13.5 Å². The van der Waals surface area contributed by atoms with E-state index in [1.54, 1.807) is 18.2 Å². The molecule has 1 aromatic carbocycles. The quantitative estimate of drug-likeness (QED) is 0.569. The van der Waals surface area contributed by atoms with E-state index in [1.807, 2.05) is 37.4 Å². The Kier molecular flexibility index (Phi) is 7.61. The van der Waals surface area contributed by atoms with Crippen molar-refractivity contribution >= 4 is 11.8 Å². The highest BCUT2D eigenvalue weighted by atomic mass is 19.3. The summed E-state index contributed by atoms with van der Waals surface area (Å²) in [6.45, 7) is 6.11. The highest BCUT2D eigenvalue weighted by Crippen LogP contribution is 2.16. The summed E-state index contributed by atoms with van der Waals surface area (Å²) in [6.07, 6.45) is -0.673. The largest absolute Gasteiger partial charge is 0.488 e. The molecule has 6 nitrogen and oxygen atoms in total. The van der Waals surface area contributed by atoms with Crippen LogP contribution in [-0.2, 0) is 6.54 Å². The fraction of sp³-hybridized carbons (Fsp3) is 0.429. The van der Waals surface area contributed by atoms with Crippen LogP contribution in [-0.4, -0.2) is 61.6 Å². The van der Waals surface area contributed by atoms with Gasteiger partial charge in [-0.2, -0.15) is 0 Å². The van der Waals surface area contributed by atoms with Gasteiger partial charge in [-0.25, -0.2) is 18.8 Å². The number of hydrogen-bond acceptors (Lipinski definition) is 4. The number of pyridine rings is 1. The van der Waals surface area contributed by atoms with Crippen LogP contribution in [0.1, 0.15) is 12.5 Å². The summed E-state index contributed by atoms with van der Waals surface area (Å²) < 4.78 is 29.8. The molecule has 2 aromatic rings. The fourth-order valence-corrected chi connectivity index (χ4v) is 3.17. The summed E-state index contributed by atoms with van der Waals surface area (Å²) in [5, 5.41) is 3.34. The highest BCUT2D eigenvalue weighted by Gasteiger charge is 2.20. The molecule has 0 saturated carbocycles. The van der Waals surface area contributed by atoms with Crippen LogP contribution in [0, 0.1) is 0 Å². The van der Waals surface area contributed by atoms with Gasteiger partial charge in [-0.3, -0.25) is 0 Å². The molecule has 1 fully saturated rings. The fourth-order valence-electron chi connectivity index (χ4n) is 3.17. The zero-order chi connectivity index (χ0) is 20.5. The molecular formula is C21H27F2N5O. The molecule has 0 spiro atoms. The van der Waals surface area contributed by atoms with Crippen molar-refractivity contribution in [3.63, 3.8) is 0 Å². The van der Waals surface area contributed by atoms with Crippen molar-refractivity contribution in [1.82, 2.24) is 15.2 Å². The van der Waals surface area contributed by atoms with Gasteiger partial charge in [-0.15, -0.1) is 0 Å². The molecule has 29 heavy (non-hydrogen) atoms. The zero-order valence-electron chi connectivity index (χ0n) is 16.6. The number of hydrogen-bond donors (Lipinski definition) is 1. The van der Waals surface area contributed by atoms with E-state index in [2.05, 4.69) is 20.1 Å². The molecule has 2 heterocycles. The Hall–Kier alpha value is -2.90. The van der Waals surface area contributed by atoms with E-state index in [4.69, 9.17) is 9.73 Å². The highest BCUT2D eigenvalue weighted by molar-refractivity contribution is 5.80. The van der Waals surface area contributed by atoms with E-state index in [9.17, 15) is 8.78 Å². The van der Waals surface area contributed by atoms with Crippen LogP contribution in [0.5, 0.6) is 5.75 Å². The van der Waals surface area contributed by atoms with Gasteiger partial charge in [0, 0.05) is 38.9 Å². The monoisotopic (exact) mass is 403 g/mol. The third-order valence-corrected chi connectivity index (χ3v) is 4.57. The predicted octanol–water partition coefficient (Wildman–Crippen LogP) is 3.01. The Bertz CT molecular complexity index is 780. The van der Waals surface area contributed by atoms with Crippen LogP contribution >= 0.6 is 0 Å². The summed E-state index contributed by atoms with van der Waals surface area (Å²) in [6, 6.07) is 13.1. The van der Waals surface area contributed by atoms with Gasteiger partial charge in [-0.05, 0) is 36.8 Å². The molecule has 0 bridgehead atoms. The van der Waals surface area contributed by atoms with Gasteiger partial charge < -0.3 is 19.9 Å². The smallest absolute Gasteiger partial charge is 0.272 e. The second-order valence-electron chi connectivity index (χ2n) is 6.68. The lowest BCUT2D eigenvalue weighted by molar-refractivity contribution is 0.0818. The number of rotatable bonds is 7. The van der Waals surface area contributed by atoms with Gasteiger partial charge in [-0.1, -0.05) is 18.2 Å². The lowest BCUT2D eigenvalue weighted by Gasteiger charge is -2.37. The molecule has 1 aromatic heterocycles. The van der Waals surface area contributed by atoms with Gasteiger partial charge in [0.1, 0.15) is 18.2 Å². The number of piperazine rings is 1. The molecule has 0 amide bonds. The van der Waals surface area contributed by atoms with E-state index in [0.717, 1.165) is 50.1 Å². The van der Waals surface area contributed by atoms with E-state index in [-0.39, 0.29) is 0 Å². The summed E-state index contributed by atoms with van der Waals surface area (Å²) >= 11 is 0. The first-order valence-electron chi connectivity index (χ1n) is 9.85. The third-order valence-electron chi connectivity index (χ3n) is 4.57. The van der Waals surface area contributed by atoms with Crippen LogP contribution in [0.2, 0.25) is 0 Å². The Morgan fingerprint density at radius 3 is 2.69 bits per heavy atom. The number of anilines is 1. The lowest BCUT2D eigenvalue weighted by atomic mass is 10.2. The number of nitrogens with one attached hydrogen (secondary N) is 1. The Morgan fingerprint density at radius 2 is 2.00 bits per heavy atom. The minimum Gasteiger partial charge on any atom is -0.488 e. The number of aliphatic imine (C=N–C) groups is 1. The number of guanidine groups is 1. The van der Waals surface area contributed by atoms with Crippen molar-refractivity contribution in [3.8, 4) is 5.75 Å². The minimum atomic E-state index is -2.48. The average Bonchev–Trinajstić information content (AvgIpc) is 2.76. The predicted molar refractivity (Wildman–Crippen MR) is 111 cm³/mol. The summed E-state index contributed by atoms with van der Waals surface area (Å²) in [5.74, 6) is 2.29. The Balaban J connectivity index is 1.60. The van der Waals surface area contributed by atoms with E-state index < -0.39 is 13.0 Å². The first-order chi connectivity index (χ1) is 14.2. The minimum absolute atomic E-state index is 0.437. The molecule has 1 saturated heterocycles. The molecule has 0 aliphatic carbocycles. The number of alkyl halides is 2. The molecule has 0 unspecified atom stereocenters. The molecule has 0 atom stereocenters. The molecule has 1 aliphatic rings. The van der Waals surface area contributed by atoms with Crippen molar-refractivity contribution in [3.05, 3.63) is 54.2 Å². The summed E-state index contributed by atoms with van der Waals surface area (Å²) in [7, 11) is 0.